The van der Waals surface area contributed by atoms with Crippen molar-refractivity contribution in [3.63, 3.8) is 0 Å². The van der Waals surface area contributed by atoms with Crippen molar-refractivity contribution >= 4 is 11.6 Å². The fourth-order valence-corrected chi connectivity index (χ4v) is 1.30. The van der Waals surface area contributed by atoms with Gasteiger partial charge in [-0.15, -0.1) is 11.6 Å². The van der Waals surface area contributed by atoms with Crippen molar-refractivity contribution in [2.45, 2.75) is 44.1 Å². The minimum atomic E-state index is 0. The van der Waals surface area contributed by atoms with Crippen LogP contribution in [-0.4, -0.2) is 17.6 Å². The number of rotatable bonds is 4. The Labute approximate surface area is 73.8 Å². The topological polar surface area (TPSA) is 47.5 Å². The fraction of sp³-hybridized carbons (Fsp3) is 1.00. The average Bonchev–Trinajstić information content (AvgIpc) is 2.72. The molecule has 0 aromatic rings. The van der Waals surface area contributed by atoms with Crippen LogP contribution in [0.5, 0.6) is 0 Å². The van der Waals surface area contributed by atoms with Crippen molar-refractivity contribution in [3.8, 4) is 0 Å². The Morgan fingerprint density at radius 3 is 2.18 bits per heavy atom. The molecule has 0 spiro atoms. The fourth-order valence-electron chi connectivity index (χ4n) is 1.13. The van der Waals surface area contributed by atoms with E-state index in [1.807, 2.05) is 0 Å². The van der Waals surface area contributed by atoms with Gasteiger partial charge in [-0.1, -0.05) is 13.8 Å². The maximum absolute atomic E-state index is 6.26. The Morgan fingerprint density at radius 2 is 1.91 bits per heavy atom. The van der Waals surface area contributed by atoms with Gasteiger partial charge in [0.15, 0.2) is 0 Å². The van der Waals surface area contributed by atoms with E-state index >= 15 is 0 Å². The molecule has 1 aliphatic rings. The van der Waals surface area contributed by atoms with Crippen LogP contribution in [0.25, 0.3) is 0 Å². The summed E-state index contributed by atoms with van der Waals surface area (Å²) in [6.45, 7) is 5.20. The lowest BCUT2D eigenvalue weighted by atomic mass is 9.97. The molecule has 1 rings (SSSR count). The highest BCUT2D eigenvalue weighted by Gasteiger charge is 2.33. The number of halogens is 1. The Hall–Kier alpha value is 0.210. The summed E-state index contributed by atoms with van der Waals surface area (Å²) < 4.78 is 5.12. The summed E-state index contributed by atoms with van der Waals surface area (Å²) in [7, 11) is 0. The first kappa shape index (κ1) is 11.2. The SMILES string of the molecule is CCC(Cl)(CC)CC1CO1.N. The van der Waals surface area contributed by atoms with Crippen LogP contribution in [0.1, 0.15) is 33.1 Å². The second kappa shape index (κ2) is 4.29. The number of hydrogen-bond donors (Lipinski definition) is 1. The molecule has 0 saturated carbocycles. The van der Waals surface area contributed by atoms with Gasteiger partial charge in [0, 0.05) is 4.87 Å². The van der Waals surface area contributed by atoms with Crippen LogP contribution >= 0.6 is 11.6 Å². The van der Waals surface area contributed by atoms with Gasteiger partial charge in [-0.25, -0.2) is 0 Å². The van der Waals surface area contributed by atoms with Crippen molar-refractivity contribution < 1.29 is 4.74 Å². The first-order valence-corrected chi connectivity index (χ1v) is 4.38. The lowest BCUT2D eigenvalue weighted by Crippen LogP contribution is -2.21. The lowest BCUT2D eigenvalue weighted by Gasteiger charge is -2.22. The zero-order valence-electron chi connectivity index (χ0n) is 7.40. The molecule has 1 fully saturated rings. The Morgan fingerprint density at radius 1 is 1.45 bits per heavy atom. The van der Waals surface area contributed by atoms with Gasteiger partial charge in [0.2, 0.25) is 0 Å². The van der Waals surface area contributed by atoms with E-state index in [-0.39, 0.29) is 11.0 Å². The highest BCUT2D eigenvalue weighted by Crippen LogP contribution is 2.33. The zero-order chi connectivity index (χ0) is 7.61. The van der Waals surface area contributed by atoms with E-state index in [0.717, 1.165) is 25.9 Å². The molecule has 3 N–H and O–H groups in total. The van der Waals surface area contributed by atoms with Crippen molar-refractivity contribution in [1.29, 1.82) is 0 Å². The maximum Gasteiger partial charge on any atom is 0.0826 e. The summed E-state index contributed by atoms with van der Waals surface area (Å²) in [5, 5.41) is 0. The smallest absolute Gasteiger partial charge is 0.0826 e. The average molecular weight is 180 g/mol. The van der Waals surface area contributed by atoms with E-state index in [2.05, 4.69) is 13.8 Å². The van der Waals surface area contributed by atoms with E-state index in [1.54, 1.807) is 0 Å². The predicted octanol–water partition coefficient (Wildman–Crippen LogP) is 2.73. The van der Waals surface area contributed by atoms with E-state index in [9.17, 15) is 0 Å². The van der Waals surface area contributed by atoms with E-state index in [4.69, 9.17) is 16.3 Å². The molecule has 1 heterocycles. The molecule has 0 aromatic carbocycles. The molecule has 0 aliphatic carbocycles. The van der Waals surface area contributed by atoms with E-state index < -0.39 is 0 Å². The van der Waals surface area contributed by atoms with Gasteiger partial charge in [-0.2, -0.15) is 0 Å². The Kier molecular flexibility index (Phi) is 4.37. The minimum Gasteiger partial charge on any atom is -0.373 e. The number of hydrogen-bond acceptors (Lipinski definition) is 2. The molecular weight excluding hydrogens is 162 g/mol. The minimum absolute atomic E-state index is 0. The molecule has 1 saturated heterocycles. The molecular formula is C8H18ClNO. The van der Waals surface area contributed by atoms with Gasteiger partial charge < -0.3 is 10.9 Å². The number of epoxide rings is 1. The van der Waals surface area contributed by atoms with Gasteiger partial charge in [0.1, 0.15) is 0 Å². The molecule has 3 heteroatoms. The molecule has 1 unspecified atom stereocenters. The van der Waals surface area contributed by atoms with Gasteiger partial charge in [-0.05, 0) is 19.3 Å². The van der Waals surface area contributed by atoms with Gasteiger partial charge in [-0.3, -0.25) is 0 Å². The lowest BCUT2D eigenvalue weighted by molar-refractivity contribution is 0.357. The summed E-state index contributed by atoms with van der Waals surface area (Å²) in [6.07, 6.45) is 3.59. The van der Waals surface area contributed by atoms with Crippen LogP contribution in [0.4, 0.5) is 0 Å². The van der Waals surface area contributed by atoms with Crippen LogP contribution in [0.2, 0.25) is 0 Å². The molecule has 68 valence electrons. The van der Waals surface area contributed by atoms with Crippen LogP contribution in [-0.2, 0) is 4.74 Å². The number of alkyl halides is 1. The largest absolute Gasteiger partial charge is 0.373 e. The normalized spacial score (nSPS) is 22.6. The zero-order valence-corrected chi connectivity index (χ0v) is 8.16. The van der Waals surface area contributed by atoms with Gasteiger partial charge >= 0.3 is 0 Å². The Balaban J connectivity index is 0.000001000. The second-order valence-corrected chi connectivity index (χ2v) is 3.82. The van der Waals surface area contributed by atoms with E-state index in [1.165, 1.54) is 0 Å². The summed E-state index contributed by atoms with van der Waals surface area (Å²) in [5.74, 6) is 0. The van der Waals surface area contributed by atoms with E-state index in [0.29, 0.717) is 6.10 Å². The molecule has 0 amide bonds. The second-order valence-electron chi connectivity index (χ2n) is 3.02. The summed E-state index contributed by atoms with van der Waals surface area (Å²) in [6, 6.07) is 0. The third-order valence-electron chi connectivity index (χ3n) is 2.26. The molecule has 0 radical (unpaired) electrons. The maximum atomic E-state index is 6.26. The molecule has 0 aromatic heterocycles. The summed E-state index contributed by atoms with van der Waals surface area (Å²) in [4.78, 5) is 0.0150. The molecule has 1 aliphatic heterocycles. The first-order chi connectivity index (χ1) is 4.70. The highest BCUT2D eigenvalue weighted by molar-refractivity contribution is 6.23. The van der Waals surface area contributed by atoms with Crippen molar-refractivity contribution in [2.75, 3.05) is 6.61 Å². The summed E-state index contributed by atoms with van der Waals surface area (Å²) in [5.41, 5.74) is 0. The van der Waals surface area contributed by atoms with Crippen LogP contribution in [0.15, 0.2) is 0 Å². The molecule has 11 heavy (non-hydrogen) atoms. The third kappa shape index (κ3) is 3.41. The summed E-state index contributed by atoms with van der Waals surface area (Å²) >= 11 is 6.26. The molecule has 2 nitrogen and oxygen atoms in total. The molecule has 1 atom stereocenters. The molecule has 0 bridgehead atoms. The standard InChI is InChI=1S/C8H15ClO.H3N/c1-3-8(9,4-2)5-7-6-10-7;/h7H,3-6H2,1-2H3;1H3. The van der Waals surface area contributed by atoms with Crippen molar-refractivity contribution in [3.05, 3.63) is 0 Å². The number of ether oxygens (including phenoxy) is 1. The van der Waals surface area contributed by atoms with Crippen molar-refractivity contribution in [1.82, 2.24) is 6.15 Å². The monoisotopic (exact) mass is 179 g/mol. The van der Waals surface area contributed by atoms with Crippen LogP contribution in [0.3, 0.4) is 0 Å². The van der Waals surface area contributed by atoms with Gasteiger partial charge in [0.05, 0.1) is 12.7 Å². The quantitative estimate of drug-likeness (QED) is 0.533. The van der Waals surface area contributed by atoms with Crippen LogP contribution < -0.4 is 6.15 Å². The highest BCUT2D eigenvalue weighted by atomic mass is 35.5. The third-order valence-corrected chi connectivity index (χ3v) is 2.95. The Bertz CT molecular complexity index is 111. The van der Waals surface area contributed by atoms with Crippen molar-refractivity contribution in [2.24, 2.45) is 0 Å². The van der Waals surface area contributed by atoms with Crippen LogP contribution in [0, 0.1) is 0 Å². The predicted molar refractivity (Wildman–Crippen MR) is 48.5 cm³/mol. The van der Waals surface area contributed by atoms with Gasteiger partial charge in [0.25, 0.3) is 0 Å². The first-order valence-electron chi connectivity index (χ1n) is 4.00.